The minimum atomic E-state index is 0.540. The molecule has 6 heteroatoms. The van der Waals surface area contributed by atoms with Gasteiger partial charge in [0.15, 0.2) is 0 Å². The number of nitrogens with zero attached hydrogens (tertiary/aromatic N) is 2. The van der Waals surface area contributed by atoms with Gasteiger partial charge in [-0.15, -0.1) is 21.8 Å². The molecule has 0 atom stereocenters. The summed E-state index contributed by atoms with van der Waals surface area (Å²) < 4.78 is 0. The first-order valence-corrected chi connectivity index (χ1v) is 6.65. The van der Waals surface area contributed by atoms with Crippen LogP contribution >= 0.6 is 46.1 Å². The molecule has 0 saturated carbocycles. The molecular weight excluding hydrogens is 287 g/mol. The number of aryl methyl sites for hydroxylation is 1. The second kappa shape index (κ2) is 5.32. The van der Waals surface area contributed by atoms with Crippen molar-refractivity contribution in [2.24, 2.45) is 0 Å². The van der Waals surface area contributed by atoms with Gasteiger partial charge in [-0.25, -0.2) is 0 Å². The van der Waals surface area contributed by atoms with E-state index in [-0.39, 0.29) is 0 Å². The molecule has 1 aromatic heterocycles. The zero-order chi connectivity index (χ0) is 11.5. The topological polar surface area (TPSA) is 25.8 Å². The molecule has 0 bridgehead atoms. The molecule has 0 fully saturated rings. The fraction of sp³-hybridized carbons (Fsp3) is 0.200. The first-order valence-electron chi connectivity index (χ1n) is 4.54. The molecule has 16 heavy (non-hydrogen) atoms. The van der Waals surface area contributed by atoms with Crippen molar-refractivity contribution in [2.75, 3.05) is 5.88 Å². The van der Waals surface area contributed by atoms with E-state index in [0.29, 0.717) is 15.9 Å². The molecule has 0 unspecified atom stereocenters. The van der Waals surface area contributed by atoms with Crippen LogP contribution in [0, 0.1) is 0 Å². The van der Waals surface area contributed by atoms with Crippen LogP contribution in [0.3, 0.4) is 0 Å². The number of rotatable bonds is 3. The third kappa shape index (κ3) is 2.66. The lowest BCUT2D eigenvalue weighted by Gasteiger charge is -1.99. The Bertz CT molecular complexity index is 499. The van der Waals surface area contributed by atoms with Gasteiger partial charge in [0.25, 0.3) is 0 Å². The lowest BCUT2D eigenvalue weighted by molar-refractivity contribution is 0.990. The summed E-state index contributed by atoms with van der Waals surface area (Å²) in [4.78, 5) is 0. The summed E-state index contributed by atoms with van der Waals surface area (Å²) in [7, 11) is 0. The molecule has 0 radical (unpaired) electrons. The lowest BCUT2D eigenvalue weighted by atomic mass is 10.2. The molecule has 84 valence electrons. The van der Waals surface area contributed by atoms with E-state index >= 15 is 0 Å². The Hall–Kier alpha value is -0.350. The fourth-order valence-corrected chi connectivity index (χ4v) is 2.80. The zero-order valence-electron chi connectivity index (χ0n) is 8.08. The maximum Gasteiger partial charge on any atom is 0.149 e. The average molecular weight is 294 g/mol. The molecular formula is C10H7Cl3N2S. The highest BCUT2D eigenvalue weighted by Gasteiger charge is 2.10. The summed E-state index contributed by atoms with van der Waals surface area (Å²) in [6.07, 6.45) is 0.720. The van der Waals surface area contributed by atoms with Gasteiger partial charge in [0.05, 0.1) is 5.02 Å². The summed E-state index contributed by atoms with van der Waals surface area (Å²) in [5, 5.41) is 11.0. The van der Waals surface area contributed by atoms with Crippen molar-refractivity contribution in [3.8, 4) is 10.6 Å². The predicted octanol–water partition coefficient (Wildman–Crippen LogP) is 4.29. The molecule has 2 aromatic rings. The summed E-state index contributed by atoms with van der Waals surface area (Å²) in [5.74, 6) is 0.540. The van der Waals surface area contributed by atoms with Crippen molar-refractivity contribution in [1.82, 2.24) is 10.2 Å². The van der Waals surface area contributed by atoms with Gasteiger partial charge in [0.2, 0.25) is 0 Å². The molecule has 0 aliphatic carbocycles. The second-order valence-corrected chi connectivity index (χ2v) is 5.35. The largest absolute Gasteiger partial charge is 0.149 e. The van der Waals surface area contributed by atoms with Gasteiger partial charge in [-0.1, -0.05) is 34.5 Å². The Morgan fingerprint density at radius 3 is 2.75 bits per heavy atom. The molecule has 2 nitrogen and oxygen atoms in total. The van der Waals surface area contributed by atoms with Crippen molar-refractivity contribution >= 4 is 46.1 Å². The van der Waals surface area contributed by atoms with Gasteiger partial charge in [-0.2, -0.15) is 0 Å². The Kier molecular flexibility index (Phi) is 4.03. The Labute approximate surface area is 112 Å². The second-order valence-electron chi connectivity index (χ2n) is 3.06. The van der Waals surface area contributed by atoms with Crippen LogP contribution in [0.15, 0.2) is 18.2 Å². The number of hydrogen-bond donors (Lipinski definition) is 0. The predicted molar refractivity (Wildman–Crippen MR) is 69.8 cm³/mol. The molecule has 0 spiro atoms. The van der Waals surface area contributed by atoms with Gasteiger partial charge in [0, 0.05) is 22.9 Å². The summed E-state index contributed by atoms with van der Waals surface area (Å²) >= 11 is 19.1. The standard InChI is InChI=1S/C10H7Cl3N2S/c11-4-3-9-14-15-10(16-9)7-5-6(12)1-2-8(7)13/h1-2,5H,3-4H2. The van der Waals surface area contributed by atoms with E-state index in [4.69, 9.17) is 34.8 Å². The molecule has 0 saturated heterocycles. The van der Waals surface area contributed by atoms with Crippen LogP contribution in [0.2, 0.25) is 10.0 Å². The molecule has 1 heterocycles. The van der Waals surface area contributed by atoms with Crippen molar-refractivity contribution in [1.29, 1.82) is 0 Å². The maximum absolute atomic E-state index is 6.07. The van der Waals surface area contributed by atoms with Crippen LogP contribution < -0.4 is 0 Å². The molecule has 1 aromatic carbocycles. The highest BCUT2D eigenvalue weighted by Crippen LogP contribution is 2.32. The summed E-state index contributed by atoms with van der Waals surface area (Å²) in [5.41, 5.74) is 0.812. The van der Waals surface area contributed by atoms with Crippen molar-refractivity contribution in [2.45, 2.75) is 6.42 Å². The van der Waals surface area contributed by atoms with Crippen molar-refractivity contribution in [3.63, 3.8) is 0 Å². The highest BCUT2D eigenvalue weighted by atomic mass is 35.5. The van der Waals surface area contributed by atoms with Gasteiger partial charge in [0.1, 0.15) is 10.0 Å². The SMILES string of the molecule is ClCCc1nnc(-c2cc(Cl)ccc2Cl)s1. The number of halogens is 3. The molecule has 0 amide bonds. The Morgan fingerprint density at radius 1 is 1.19 bits per heavy atom. The first-order chi connectivity index (χ1) is 7.70. The van der Waals surface area contributed by atoms with E-state index < -0.39 is 0 Å². The van der Waals surface area contributed by atoms with Gasteiger partial charge >= 0.3 is 0 Å². The van der Waals surface area contributed by atoms with E-state index in [0.717, 1.165) is 22.0 Å². The van der Waals surface area contributed by atoms with Crippen molar-refractivity contribution in [3.05, 3.63) is 33.3 Å². The lowest BCUT2D eigenvalue weighted by Crippen LogP contribution is -1.83. The van der Waals surface area contributed by atoms with E-state index in [9.17, 15) is 0 Å². The van der Waals surface area contributed by atoms with Crippen LogP contribution in [0.4, 0.5) is 0 Å². The zero-order valence-corrected chi connectivity index (χ0v) is 11.2. The van der Waals surface area contributed by atoms with Gasteiger partial charge in [-0.3, -0.25) is 0 Å². The van der Waals surface area contributed by atoms with Crippen LogP contribution in [-0.2, 0) is 6.42 Å². The fourth-order valence-electron chi connectivity index (χ4n) is 1.21. The average Bonchev–Trinajstić information content (AvgIpc) is 2.71. The van der Waals surface area contributed by atoms with Crippen molar-refractivity contribution < 1.29 is 0 Å². The molecule has 0 N–H and O–H groups in total. The Balaban J connectivity index is 2.38. The molecule has 0 aliphatic rings. The van der Waals surface area contributed by atoms with Gasteiger partial charge < -0.3 is 0 Å². The van der Waals surface area contributed by atoms with E-state index in [1.807, 2.05) is 0 Å². The molecule has 0 aliphatic heterocycles. The minimum Gasteiger partial charge on any atom is -0.143 e. The maximum atomic E-state index is 6.07. The van der Waals surface area contributed by atoms with Crippen LogP contribution in [0.5, 0.6) is 0 Å². The van der Waals surface area contributed by atoms with Crippen LogP contribution in [0.25, 0.3) is 10.6 Å². The number of alkyl halides is 1. The normalized spacial score (nSPS) is 10.7. The van der Waals surface area contributed by atoms with E-state index in [2.05, 4.69) is 10.2 Å². The summed E-state index contributed by atoms with van der Waals surface area (Å²) in [6.45, 7) is 0. The summed E-state index contributed by atoms with van der Waals surface area (Å²) in [6, 6.07) is 5.28. The van der Waals surface area contributed by atoms with Crippen LogP contribution in [0.1, 0.15) is 5.01 Å². The number of benzene rings is 1. The monoisotopic (exact) mass is 292 g/mol. The number of hydrogen-bond acceptors (Lipinski definition) is 3. The van der Waals surface area contributed by atoms with Gasteiger partial charge in [-0.05, 0) is 18.2 Å². The Morgan fingerprint density at radius 2 is 2.00 bits per heavy atom. The third-order valence-electron chi connectivity index (χ3n) is 1.93. The van der Waals surface area contributed by atoms with Crippen LogP contribution in [-0.4, -0.2) is 16.1 Å². The quantitative estimate of drug-likeness (QED) is 0.789. The van der Waals surface area contributed by atoms with E-state index in [1.54, 1.807) is 18.2 Å². The highest BCUT2D eigenvalue weighted by molar-refractivity contribution is 7.14. The smallest absolute Gasteiger partial charge is 0.143 e. The van der Waals surface area contributed by atoms with E-state index in [1.165, 1.54) is 11.3 Å². The minimum absolute atomic E-state index is 0.540. The third-order valence-corrected chi connectivity index (χ3v) is 3.70. The first kappa shape index (κ1) is 12.1. The number of aromatic nitrogens is 2. The molecule has 2 rings (SSSR count).